The Balaban J connectivity index is 2.40. The second-order valence-electron chi connectivity index (χ2n) is 4.63. The zero-order chi connectivity index (χ0) is 12.7. The van der Waals surface area contributed by atoms with Crippen LogP contribution in [0.5, 0.6) is 0 Å². The van der Waals surface area contributed by atoms with Crippen LogP contribution in [0.25, 0.3) is 0 Å². The predicted molar refractivity (Wildman–Crippen MR) is 70.0 cm³/mol. The van der Waals surface area contributed by atoms with Gasteiger partial charge in [0.15, 0.2) is 0 Å². The standard InChI is InChI=1S/C13H25N3O/c1-5-7-17-8-6-16-12(4)13(10-15-16)9-14-11(2)3/h10-11,14H,5-9H2,1-4H3. The second-order valence-corrected chi connectivity index (χ2v) is 4.63. The first-order chi connectivity index (χ1) is 8.15. The molecule has 0 aliphatic heterocycles. The lowest BCUT2D eigenvalue weighted by atomic mass is 10.2. The highest BCUT2D eigenvalue weighted by atomic mass is 16.5. The van der Waals surface area contributed by atoms with Gasteiger partial charge in [-0.2, -0.15) is 5.10 Å². The number of nitrogens with one attached hydrogen (secondary N) is 1. The molecule has 4 heteroatoms. The fraction of sp³-hybridized carbons (Fsp3) is 0.769. The van der Waals surface area contributed by atoms with Crippen molar-refractivity contribution < 1.29 is 4.74 Å². The molecule has 0 spiro atoms. The molecule has 0 atom stereocenters. The fourth-order valence-electron chi connectivity index (χ4n) is 1.60. The van der Waals surface area contributed by atoms with E-state index < -0.39 is 0 Å². The molecule has 0 aliphatic rings. The molecule has 0 bridgehead atoms. The molecule has 1 rings (SSSR count). The van der Waals surface area contributed by atoms with E-state index in [-0.39, 0.29) is 0 Å². The molecular weight excluding hydrogens is 214 g/mol. The van der Waals surface area contributed by atoms with Crippen molar-refractivity contribution in [1.82, 2.24) is 15.1 Å². The van der Waals surface area contributed by atoms with E-state index in [1.54, 1.807) is 0 Å². The highest BCUT2D eigenvalue weighted by molar-refractivity contribution is 5.15. The SMILES string of the molecule is CCCOCCn1ncc(CNC(C)C)c1C. The number of hydrogen-bond acceptors (Lipinski definition) is 3. The summed E-state index contributed by atoms with van der Waals surface area (Å²) in [6.45, 7) is 11.8. The van der Waals surface area contributed by atoms with Crippen LogP contribution in [0, 0.1) is 6.92 Å². The van der Waals surface area contributed by atoms with Crippen molar-refractivity contribution in [2.45, 2.75) is 53.2 Å². The summed E-state index contributed by atoms with van der Waals surface area (Å²) >= 11 is 0. The Hall–Kier alpha value is -0.870. The van der Waals surface area contributed by atoms with Crippen molar-refractivity contribution >= 4 is 0 Å². The predicted octanol–water partition coefficient (Wildman–Crippen LogP) is 2.12. The van der Waals surface area contributed by atoms with Gasteiger partial charge in [0.25, 0.3) is 0 Å². The third kappa shape index (κ3) is 4.88. The molecule has 0 amide bonds. The molecule has 0 fully saturated rings. The van der Waals surface area contributed by atoms with Crippen LogP contribution < -0.4 is 5.32 Å². The smallest absolute Gasteiger partial charge is 0.0662 e. The average Bonchev–Trinajstić information content (AvgIpc) is 2.63. The van der Waals surface area contributed by atoms with Gasteiger partial charge in [0.1, 0.15) is 0 Å². The monoisotopic (exact) mass is 239 g/mol. The lowest BCUT2D eigenvalue weighted by molar-refractivity contribution is 0.124. The number of hydrogen-bond donors (Lipinski definition) is 1. The highest BCUT2D eigenvalue weighted by Crippen LogP contribution is 2.07. The van der Waals surface area contributed by atoms with E-state index >= 15 is 0 Å². The molecule has 1 aromatic heterocycles. The van der Waals surface area contributed by atoms with Gasteiger partial charge < -0.3 is 10.1 Å². The Bertz CT molecular complexity index is 320. The van der Waals surface area contributed by atoms with Crippen molar-refractivity contribution in [2.24, 2.45) is 0 Å². The Kier molecular flexibility index (Phi) is 6.22. The Morgan fingerprint density at radius 1 is 1.41 bits per heavy atom. The van der Waals surface area contributed by atoms with Gasteiger partial charge in [0.2, 0.25) is 0 Å². The van der Waals surface area contributed by atoms with E-state index in [0.29, 0.717) is 6.04 Å². The molecule has 0 unspecified atom stereocenters. The first-order valence-corrected chi connectivity index (χ1v) is 6.47. The summed E-state index contributed by atoms with van der Waals surface area (Å²) in [5.41, 5.74) is 2.51. The summed E-state index contributed by atoms with van der Waals surface area (Å²) < 4.78 is 7.49. The van der Waals surface area contributed by atoms with Crippen LogP contribution in [0.15, 0.2) is 6.20 Å². The van der Waals surface area contributed by atoms with Gasteiger partial charge in [-0.15, -0.1) is 0 Å². The van der Waals surface area contributed by atoms with Crippen LogP contribution in [0.2, 0.25) is 0 Å². The molecule has 98 valence electrons. The molecule has 0 radical (unpaired) electrons. The molecule has 1 heterocycles. The van der Waals surface area contributed by atoms with Gasteiger partial charge >= 0.3 is 0 Å². The first kappa shape index (κ1) is 14.2. The van der Waals surface area contributed by atoms with Crippen LogP contribution in [0.4, 0.5) is 0 Å². The zero-order valence-electron chi connectivity index (χ0n) is 11.5. The van der Waals surface area contributed by atoms with Crippen molar-refractivity contribution in [3.8, 4) is 0 Å². The summed E-state index contributed by atoms with van der Waals surface area (Å²) in [7, 11) is 0. The minimum atomic E-state index is 0.505. The molecule has 1 aromatic rings. The van der Waals surface area contributed by atoms with Crippen LogP contribution >= 0.6 is 0 Å². The highest BCUT2D eigenvalue weighted by Gasteiger charge is 2.06. The largest absolute Gasteiger partial charge is 0.380 e. The molecule has 4 nitrogen and oxygen atoms in total. The topological polar surface area (TPSA) is 39.1 Å². The van der Waals surface area contributed by atoms with Crippen molar-refractivity contribution in [3.05, 3.63) is 17.5 Å². The fourth-order valence-corrected chi connectivity index (χ4v) is 1.60. The Morgan fingerprint density at radius 2 is 2.18 bits per heavy atom. The van der Waals surface area contributed by atoms with Crippen LogP contribution in [0.3, 0.4) is 0 Å². The number of nitrogens with zero attached hydrogens (tertiary/aromatic N) is 2. The summed E-state index contributed by atoms with van der Waals surface area (Å²) in [5.74, 6) is 0. The van der Waals surface area contributed by atoms with Gasteiger partial charge in [-0.3, -0.25) is 4.68 Å². The maximum atomic E-state index is 5.47. The van der Waals surface area contributed by atoms with Crippen molar-refractivity contribution in [3.63, 3.8) is 0 Å². The quantitative estimate of drug-likeness (QED) is 0.706. The summed E-state index contributed by atoms with van der Waals surface area (Å²) in [5, 5.41) is 7.80. The number of ether oxygens (including phenoxy) is 1. The van der Waals surface area contributed by atoms with E-state index in [4.69, 9.17) is 4.74 Å². The van der Waals surface area contributed by atoms with E-state index in [1.807, 2.05) is 10.9 Å². The van der Waals surface area contributed by atoms with Crippen molar-refractivity contribution in [1.29, 1.82) is 0 Å². The van der Waals surface area contributed by atoms with Gasteiger partial charge in [0, 0.05) is 30.5 Å². The lowest BCUT2D eigenvalue weighted by Crippen LogP contribution is -2.22. The van der Waals surface area contributed by atoms with Crippen LogP contribution in [-0.4, -0.2) is 29.0 Å². The average molecular weight is 239 g/mol. The maximum Gasteiger partial charge on any atom is 0.0662 e. The summed E-state index contributed by atoms with van der Waals surface area (Å²) in [6.07, 6.45) is 3.02. The van der Waals surface area contributed by atoms with E-state index in [1.165, 1.54) is 11.3 Å². The molecule has 0 aromatic carbocycles. The third-order valence-electron chi connectivity index (χ3n) is 2.70. The van der Waals surface area contributed by atoms with Gasteiger partial charge in [-0.1, -0.05) is 20.8 Å². The second kappa shape index (κ2) is 7.45. The summed E-state index contributed by atoms with van der Waals surface area (Å²) in [6, 6.07) is 0.505. The minimum absolute atomic E-state index is 0.505. The van der Waals surface area contributed by atoms with Crippen LogP contribution in [-0.2, 0) is 17.8 Å². The molecule has 1 N–H and O–H groups in total. The molecule has 0 saturated carbocycles. The first-order valence-electron chi connectivity index (χ1n) is 6.47. The summed E-state index contributed by atoms with van der Waals surface area (Å²) in [4.78, 5) is 0. The van der Waals surface area contributed by atoms with Gasteiger partial charge in [-0.25, -0.2) is 0 Å². The number of aromatic nitrogens is 2. The van der Waals surface area contributed by atoms with E-state index in [0.717, 1.165) is 32.7 Å². The molecule has 17 heavy (non-hydrogen) atoms. The van der Waals surface area contributed by atoms with Crippen molar-refractivity contribution in [2.75, 3.05) is 13.2 Å². The number of rotatable bonds is 8. The molecule has 0 saturated heterocycles. The zero-order valence-corrected chi connectivity index (χ0v) is 11.5. The van der Waals surface area contributed by atoms with Crippen LogP contribution in [0.1, 0.15) is 38.4 Å². The minimum Gasteiger partial charge on any atom is -0.380 e. The van der Waals surface area contributed by atoms with E-state index in [9.17, 15) is 0 Å². The maximum absolute atomic E-state index is 5.47. The Labute approximate surface area is 104 Å². The van der Waals surface area contributed by atoms with Gasteiger partial charge in [-0.05, 0) is 13.3 Å². The Morgan fingerprint density at radius 3 is 2.82 bits per heavy atom. The third-order valence-corrected chi connectivity index (χ3v) is 2.70. The van der Waals surface area contributed by atoms with Gasteiger partial charge in [0.05, 0.1) is 19.3 Å². The molecular formula is C13H25N3O. The lowest BCUT2D eigenvalue weighted by Gasteiger charge is -2.08. The molecule has 0 aliphatic carbocycles. The normalized spacial score (nSPS) is 11.4. The van der Waals surface area contributed by atoms with E-state index in [2.05, 4.69) is 38.1 Å².